The Hall–Kier alpha value is -2.98. The number of aromatic nitrogens is 2. The third-order valence-electron chi connectivity index (χ3n) is 5.49. The molecule has 0 amide bonds. The van der Waals surface area contributed by atoms with Crippen molar-refractivity contribution in [1.82, 2.24) is 9.97 Å². The zero-order valence-corrected chi connectivity index (χ0v) is 18.8. The number of sulfone groups is 1. The van der Waals surface area contributed by atoms with Gasteiger partial charge >= 0.3 is 6.18 Å². The summed E-state index contributed by atoms with van der Waals surface area (Å²) in [5.74, 6) is -0.344. The van der Waals surface area contributed by atoms with Crippen LogP contribution in [0.1, 0.15) is 22.4 Å². The molecule has 1 N–H and O–H groups in total. The molecule has 0 aliphatic carbocycles. The highest BCUT2D eigenvalue weighted by Crippen LogP contribution is 2.34. The fraction of sp³-hybridized carbons (Fsp3) is 0.304. The number of nitrogens with zero attached hydrogens (tertiary/aromatic N) is 3. The van der Waals surface area contributed by atoms with Crippen LogP contribution in [0.3, 0.4) is 0 Å². The lowest BCUT2D eigenvalue weighted by Crippen LogP contribution is -2.51. The third kappa shape index (κ3) is 4.86. The minimum Gasteiger partial charge on any atom is -0.389 e. The Kier molecular flexibility index (Phi) is 5.92. The Labute approximate surface area is 189 Å². The maximum Gasteiger partial charge on any atom is 0.416 e. The van der Waals surface area contributed by atoms with Crippen LogP contribution in [0, 0.1) is 13.8 Å². The SMILES string of the molecule is Cc1cccc(C)c1-c1cc(C(F)(F)F)cc(CS(=O)(=O)c2cccc(N3CC(O)C3)n2)n1. The van der Waals surface area contributed by atoms with Gasteiger partial charge < -0.3 is 10.0 Å². The van der Waals surface area contributed by atoms with E-state index in [0.717, 1.165) is 23.3 Å². The molecule has 0 atom stereocenters. The topological polar surface area (TPSA) is 83.4 Å². The molecule has 1 aromatic carbocycles. The molecule has 0 saturated carbocycles. The molecule has 1 saturated heterocycles. The number of aliphatic hydroxyl groups excluding tert-OH is 1. The van der Waals surface area contributed by atoms with Gasteiger partial charge in [0.2, 0.25) is 9.84 Å². The Balaban J connectivity index is 1.74. The van der Waals surface area contributed by atoms with Gasteiger partial charge in [0.25, 0.3) is 0 Å². The van der Waals surface area contributed by atoms with Crippen molar-refractivity contribution < 1.29 is 26.7 Å². The molecular weight excluding hydrogens is 455 g/mol. The van der Waals surface area contributed by atoms with Crippen LogP contribution in [0.15, 0.2) is 53.6 Å². The number of alkyl halides is 3. The monoisotopic (exact) mass is 477 g/mol. The Morgan fingerprint density at radius 1 is 1.03 bits per heavy atom. The van der Waals surface area contributed by atoms with Crippen molar-refractivity contribution in [2.24, 2.45) is 0 Å². The second-order valence-corrected chi connectivity index (χ2v) is 10.1. The molecule has 1 aliphatic heterocycles. The largest absolute Gasteiger partial charge is 0.416 e. The van der Waals surface area contributed by atoms with Crippen molar-refractivity contribution in [3.05, 3.63) is 70.9 Å². The Morgan fingerprint density at radius 3 is 2.27 bits per heavy atom. The predicted octanol–water partition coefficient (Wildman–Crippen LogP) is 3.93. The molecular formula is C23H22F3N3O3S. The molecule has 6 nitrogen and oxygen atoms in total. The molecule has 1 aliphatic rings. The first kappa shape index (κ1) is 23.2. The highest BCUT2D eigenvalue weighted by molar-refractivity contribution is 7.90. The summed E-state index contributed by atoms with van der Waals surface area (Å²) in [5, 5.41) is 9.21. The maximum atomic E-state index is 13.6. The number of halogens is 3. The van der Waals surface area contributed by atoms with Crippen LogP contribution in [0.25, 0.3) is 11.3 Å². The lowest BCUT2D eigenvalue weighted by molar-refractivity contribution is -0.137. The van der Waals surface area contributed by atoms with Gasteiger partial charge in [0.1, 0.15) is 5.82 Å². The Bertz CT molecular complexity index is 1280. The molecule has 0 spiro atoms. The highest BCUT2D eigenvalue weighted by Gasteiger charge is 2.33. The summed E-state index contributed by atoms with van der Waals surface area (Å²) >= 11 is 0. The van der Waals surface area contributed by atoms with Crippen LogP contribution in [0.2, 0.25) is 0 Å². The second-order valence-electron chi connectivity index (χ2n) is 8.15. The second kappa shape index (κ2) is 8.42. The molecule has 0 unspecified atom stereocenters. The van der Waals surface area contributed by atoms with Crippen molar-refractivity contribution in [2.75, 3.05) is 18.0 Å². The minimum absolute atomic E-state index is 0.0712. The van der Waals surface area contributed by atoms with Crippen LogP contribution in [0.5, 0.6) is 0 Å². The van der Waals surface area contributed by atoms with E-state index < -0.39 is 33.4 Å². The molecule has 0 bridgehead atoms. The van der Waals surface area contributed by atoms with Gasteiger partial charge in [0.15, 0.2) is 5.03 Å². The van der Waals surface area contributed by atoms with E-state index in [1.54, 1.807) is 43.0 Å². The molecule has 33 heavy (non-hydrogen) atoms. The molecule has 2 aromatic heterocycles. The van der Waals surface area contributed by atoms with Crippen LogP contribution in [0.4, 0.5) is 19.0 Å². The van der Waals surface area contributed by atoms with Crippen molar-refractivity contribution in [2.45, 2.75) is 36.9 Å². The van der Waals surface area contributed by atoms with Gasteiger partial charge in [0, 0.05) is 18.7 Å². The minimum atomic E-state index is -4.66. The number of rotatable bonds is 5. The first-order valence-electron chi connectivity index (χ1n) is 10.2. The van der Waals surface area contributed by atoms with E-state index in [9.17, 15) is 26.7 Å². The number of β-amino-alcohol motifs (C(OH)–C–C–N with tert-alkyl or cyclic N) is 1. The van der Waals surface area contributed by atoms with Crippen LogP contribution in [-0.2, 0) is 21.8 Å². The maximum absolute atomic E-state index is 13.6. The Morgan fingerprint density at radius 2 is 1.67 bits per heavy atom. The summed E-state index contributed by atoms with van der Waals surface area (Å²) in [4.78, 5) is 10.2. The summed E-state index contributed by atoms with van der Waals surface area (Å²) in [6, 6.07) is 11.5. The number of hydrogen-bond donors (Lipinski definition) is 1. The standard InChI is InChI=1S/C23H22F3N3O3S/c1-14-5-3-6-15(2)22(14)19-10-16(23(24,25)26)9-17(27-19)13-33(31,32)21-8-4-7-20(28-21)29-11-18(30)12-29/h3-10,18,30H,11-13H2,1-2H3. The number of pyridine rings is 2. The van der Waals surface area contributed by atoms with Crippen molar-refractivity contribution >= 4 is 15.7 Å². The van der Waals surface area contributed by atoms with Gasteiger partial charge in [-0.05, 0) is 49.2 Å². The van der Waals surface area contributed by atoms with E-state index in [4.69, 9.17) is 0 Å². The highest BCUT2D eigenvalue weighted by atomic mass is 32.2. The summed E-state index contributed by atoms with van der Waals surface area (Å²) in [6.45, 7) is 4.21. The van der Waals surface area contributed by atoms with Gasteiger partial charge in [0.05, 0.1) is 28.8 Å². The molecule has 3 heterocycles. The van der Waals surface area contributed by atoms with Crippen LogP contribution in [-0.4, -0.2) is 42.7 Å². The summed E-state index contributed by atoms with van der Waals surface area (Å²) in [6.07, 6.45) is -5.16. The predicted molar refractivity (Wildman–Crippen MR) is 117 cm³/mol. The first-order valence-corrected chi connectivity index (χ1v) is 11.9. The molecule has 0 radical (unpaired) electrons. The van der Waals surface area contributed by atoms with Gasteiger partial charge in [-0.2, -0.15) is 13.2 Å². The number of hydrogen-bond acceptors (Lipinski definition) is 6. The van der Waals surface area contributed by atoms with E-state index in [0.29, 0.717) is 24.5 Å². The van der Waals surface area contributed by atoms with E-state index >= 15 is 0 Å². The van der Waals surface area contributed by atoms with Gasteiger partial charge in [-0.15, -0.1) is 0 Å². The van der Waals surface area contributed by atoms with Crippen LogP contribution < -0.4 is 4.90 Å². The van der Waals surface area contributed by atoms with Crippen LogP contribution >= 0.6 is 0 Å². The van der Waals surface area contributed by atoms with E-state index in [2.05, 4.69) is 9.97 Å². The number of anilines is 1. The van der Waals surface area contributed by atoms with E-state index in [-0.39, 0.29) is 16.4 Å². The van der Waals surface area contributed by atoms with E-state index in [1.165, 1.54) is 12.1 Å². The smallest absolute Gasteiger partial charge is 0.389 e. The average molecular weight is 478 g/mol. The van der Waals surface area contributed by atoms with Gasteiger partial charge in [-0.25, -0.2) is 13.4 Å². The lowest BCUT2D eigenvalue weighted by Gasteiger charge is -2.36. The molecule has 4 rings (SSSR count). The third-order valence-corrected chi connectivity index (χ3v) is 7.04. The van der Waals surface area contributed by atoms with Gasteiger partial charge in [-0.1, -0.05) is 24.3 Å². The van der Waals surface area contributed by atoms with Crippen molar-refractivity contribution in [3.8, 4) is 11.3 Å². The van der Waals surface area contributed by atoms with Crippen molar-refractivity contribution in [3.63, 3.8) is 0 Å². The molecule has 1 fully saturated rings. The normalized spacial score (nSPS) is 14.9. The summed E-state index contributed by atoms with van der Waals surface area (Å²) < 4.78 is 66.9. The molecule has 10 heteroatoms. The molecule has 174 valence electrons. The zero-order valence-electron chi connectivity index (χ0n) is 18.0. The fourth-order valence-electron chi connectivity index (χ4n) is 3.84. The summed E-state index contributed by atoms with van der Waals surface area (Å²) in [5.41, 5.74) is 0.912. The number of aryl methyl sites for hydroxylation is 2. The fourth-order valence-corrected chi connectivity index (χ4v) is 5.04. The zero-order chi connectivity index (χ0) is 24.0. The van der Waals surface area contributed by atoms with Crippen molar-refractivity contribution in [1.29, 1.82) is 0 Å². The van der Waals surface area contributed by atoms with E-state index in [1.807, 2.05) is 0 Å². The first-order chi connectivity index (χ1) is 15.4. The average Bonchev–Trinajstić information content (AvgIpc) is 2.70. The van der Waals surface area contributed by atoms with Gasteiger partial charge in [-0.3, -0.25) is 4.98 Å². The molecule has 3 aromatic rings. The quantitative estimate of drug-likeness (QED) is 0.600. The number of aliphatic hydroxyl groups is 1. The number of benzene rings is 1. The lowest BCUT2D eigenvalue weighted by atomic mass is 9.98. The summed E-state index contributed by atoms with van der Waals surface area (Å²) in [7, 11) is -4.08.